The Hall–Kier alpha value is -2.44. The Balaban J connectivity index is 1.29. The first-order valence-corrected chi connectivity index (χ1v) is 9.90. The van der Waals surface area contributed by atoms with Gasteiger partial charge in [-0.3, -0.25) is 14.7 Å². The Labute approximate surface area is 166 Å². The third-order valence-corrected chi connectivity index (χ3v) is 5.82. The standard InChI is InChI=1S/C22H27N3O3/c1-27-20-15-25(22(20)17-6-5-11-23-14-17)18-9-12-24(13-10-18)21(26)16-28-19-7-3-2-4-8-19/h2-8,11,14,18,20,22H,9-10,12-13,15-16H2,1H3/t20-,22-/m0/s1. The summed E-state index contributed by atoms with van der Waals surface area (Å²) in [6, 6.07) is 14.3. The van der Waals surface area contributed by atoms with Gasteiger partial charge in [-0.15, -0.1) is 0 Å². The molecular formula is C22H27N3O3. The lowest BCUT2D eigenvalue weighted by Crippen LogP contribution is -2.60. The number of rotatable bonds is 6. The van der Waals surface area contributed by atoms with E-state index in [1.54, 1.807) is 13.3 Å². The lowest BCUT2D eigenvalue weighted by molar-refractivity contribution is -0.139. The quantitative estimate of drug-likeness (QED) is 0.770. The molecule has 0 unspecified atom stereocenters. The van der Waals surface area contributed by atoms with Crippen LogP contribution in [0.2, 0.25) is 0 Å². The molecule has 2 fully saturated rings. The van der Waals surface area contributed by atoms with Crippen molar-refractivity contribution in [3.63, 3.8) is 0 Å². The second-order valence-corrected chi connectivity index (χ2v) is 7.42. The van der Waals surface area contributed by atoms with Crippen molar-refractivity contribution in [2.75, 3.05) is 33.4 Å². The van der Waals surface area contributed by atoms with E-state index in [4.69, 9.17) is 9.47 Å². The van der Waals surface area contributed by atoms with Crippen LogP contribution in [0, 0.1) is 0 Å². The number of para-hydroxylation sites is 1. The van der Waals surface area contributed by atoms with Crippen LogP contribution >= 0.6 is 0 Å². The molecule has 0 bridgehead atoms. The molecule has 2 aliphatic rings. The third kappa shape index (κ3) is 4.03. The van der Waals surface area contributed by atoms with Crippen molar-refractivity contribution in [2.45, 2.75) is 31.0 Å². The van der Waals surface area contributed by atoms with Gasteiger partial charge in [-0.1, -0.05) is 24.3 Å². The molecule has 0 N–H and O–H groups in total. The van der Waals surface area contributed by atoms with Gasteiger partial charge in [-0.05, 0) is 36.6 Å². The van der Waals surface area contributed by atoms with Gasteiger partial charge in [0.25, 0.3) is 5.91 Å². The highest BCUT2D eigenvalue weighted by molar-refractivity contribution is 5.77. The molecule has 0 spiro atoms. The molecule has 6 heteroatoms. The second kappa shape index (κ2) is 8.71. The normalized spacial score (nSPS) is 23.2. The first kappa shape index (κ1) is 18.9. The first-order chi connectivity index (χ1) is 13.8. The van der Waals surface area contributed by atoms with Gasteiger partial charge in [-0.2, -0.15) is 0 Å². The zero-order valence-electron chi connectivity index (χ0n) is 16.2. The van der Waals surface area contributed by atoms with Crippen molar-refractivity contribution in [3.8, 4) is 5.75 Å². The van der Waals surface area contributed by atoms with E-state index in [0.29, 0.717) is 6.04 Å². The minimum absolute atomic E-state index is 0.0597. The highest BCUT2D eigenvalue weighted by Gasteiger charge is 2.44. The van der Waals surface area contributed by atoms with E-state index < -0.39 is 0 Å². The number of carbonyl (C=O) groups is 1. The number of amides is 1. The summed E-state index contributed by atoms with van der Waals surface area (Å²) in [6.07, 6.45) is 5.90. The maximum absolute atomic E-state index is 12.5. The van der Waals surface area contributed by atoms with E-state index in [0.717, 1.165) is 38.2 Å². The van der Waals surface area contributed by atoms with Crippen molar-refractivity contribution in [1.82, 2.24) is 14.8 Å². The van der Waals surface area contributed by atoms with E-state index in [-0.39, 0.29) is 24.7 Å². The van der Waals surface area contributed by atoms with Gasteiger partial charge in [0.15, 0.2) is 6.61 Å². The van der Waals surface area contributed by atoms with Crippen molar-refractivity contribution >= 4 is 5.91 Å². The van der Waals surface area contributed by atoms with Crippen LogP contribution < -0.4 is 4.74 Å². The van der Waals surface area contributed by atoms with Crippen LogP contribution in [0.25, 0.3) is 0 Å². The number of pyridine rings is 1. The molecule has 2 aromatic rings. The Morgan fingerprint density at radius 3 is 2.61 bits per heavy atom. The molecule has 3 heterocycles. The zero-order valence-corrected chi connectivity index (χ0v) is 16.2. The molecule has 2 atom stereocenters. The van der Waals surface area contributed by atoms with Crippen LogP contribution in [0.3, 0.4) is 0 Å². The number of likely N-dealkylation sites (tertiary alicyclic amines) is 2. The predicted octanol–water partition coefficient (Wildman–Crippen LogP) is 2.52. The van der Waals surface area contributed by atoms with E-state index in [2.05, 4.69) is 16.0 Å². The van der Waals surface area contributed by atoms with Crippen LogP contribution in [0.5, 0.6) is 5.75 Å². The molecule has 1 aromatic carbocycles. The number of carbonyl (C=O) groups excluding carboxylic acids is 1. The number of benzene rings is 1. The van der Waals surface area contributed by atoms with Crippen LogP contribution in [-0.2, 0) is 9.53 Å². The summed E-state index contributed by atoms with van der Waals surface area (Å²) in [5, 5.41) is 0. The average molecular weight is 381 g/mol. The predicted molar refractivity (Wildman–Crippen MR) is 106 cm³/mol. The summed E-state index contributed by atoms with van der Waals surface area (Å²) in [4.78, 5) is 21.2. The van der Waals surface area contributed by atoms with Crippen molar-refractivity contribution < 1.29 is 14.3 Å². The third-order valence-electron chi connectivity index (χ3n) is 5.82. The second-order valence-electron chi connectivity index (χ2n) is 7.42. The van der Waals surface area contributed by atoms with Crippen molar-refractivity contribution in [1.29, 1.82) is 0 Å². The topological polar surface area (TPSA) is 54.9 Å². The van der Waals surface area contributed by atoms with Crippen molar-refractivity contribution in [3.05, 3.63) is 60.4 Å². The maximum Gasteiger partial charge on any atom is 0.260 e. The van der Waals surface area contributed by atoms with E-state index in [1.807, 2.05) is 47.5 Å². The molecule has 2 saturated heterocycles. The lowest BCUT2D eigenvalue weighted by Gasteiger charge is -2.52. The fraction of sp³-hybridized carbons (Fsp3) is 0.455. The van der Waals surface area contributed by atoms with Gasteiger partial charge in [0.05, 0.1) is 12.1 Å². The van der Waals surface area contributed by atoms with Gasteiger partial charge in [-0.25, -0.2) is 0 Å². The minimum atomic E-state index is 0.0597. The van der Waals surface area contributed by atoms with Crippen LogP contribution in [0.4, 0.5) is 0 Å². The highest BCUT2D eigenvalue weighted by Crippen LogP contribution is 2.39. The monoisotopic (exact) mass is 381 g/mol. The van der Waals surface area contributed by atoms with Gasteiger partial charge in [0, 0.05) is 45.2 Å². The van der Waals surface area contributed by atoms with Gasteiger partial charge in [0.1, 0.15) is 5.75 Å². The fourth-order valence-electron chi connectivity index (χ4n) is 4.23. The Morgan fingerprint density at radius 2 is 1.93 bits per heavy atom. The number of hydrogen-bond acceptors (Lipinski definition) is 5. The molecule has 2 aliphatic heterocycles. The summed E-state index contributed by atoms with van der Waals surface area (Å²) in [5.41, 5.74) is 1.20. The molecule has 148 valence electrons. The SMILES string of the molecule is CO[C@H]1CN(C2CCN(C(=O)COc3ccccc3)CC2)[C@H]1c1cccnc1. The smallest absolute Gasteiger partial charge is 0.260 e. The summed E-state index contributed by atoms with van der Waals surface area (Å²) in [5.74, 6) is 0.792. The number of piperidine rings is 1. The van der Waals surface area contributed by atoms with Gasteiger partial charge in [0.2, 0.25) is 0 Å². The van der Waals surface area contributed by atoms with Gasteiger partial charge >= 0.3 is 0 Å². The largest absolute Gasteiger partial charge is 0.484 e. The molecule has 0 radical (unpaired) electrons. The van der Waals surface area contributed by atoms with E-state index >= 15 is 0 Å². The molecule has 0 aliphatic carbocycles. The Kier molecular flexibility index (Phi) is 5.88. The first-order valence-electron chi connectivity index (χ1n) is 9.90. The number of hydrogen-bond donors (Lipinski definition) is 0. The minimum Gasteiger partial charge on any atom is -0.484 e. The number of methoxy groups -OCH3 is 1. The van der Waals surface area contributed by atoms with Crippen LogP contribution in [0.15, 0.2) is 54.9 Å². The zero-order chi connectivity index (χ0) is 19.3. The maximum atomic E-state index is 12.5. The van der Waals surface area contributed by atoms with Crippen LogP contribution in [-0.4, -0.2) is 66.2 Å². The van der Waals surface area contributed by atoms with E-state index in [9.17, 15) is 4.79 Å². The molecule has 1 amide bonds. The van der Waals surface area contributed by atoms with Crippen LogP contribution in [0.1, 0.15) is 24.4 Å². The Morgan fingerprint density at radius 1 is 1.14 bits per heavy atom. The van der Waals surface area contributed by atoms with Crippen molar-refractivity contribution in [2.24, 2.45) is 0 Å². The lowest BCUT2D eigenvalue weighted by atomic mass is 9.87. The number of aromatic nitrogens is 1. The highest BCUT2D eigenvalue weighted by atomic mass is 16.5. The molecule has 28 heavy (non-hydrogen) atoms. The van der Waals surface area contributed by atoms with E-state index in [1.165, 1.54) is 5.56 Å². The molecular weight excluding hydrogens is 354 g/mol. The molecule has 4 rings (SSSR count). The fourth-order valence-corrected chi connectivity index (χ4v) is 4.23. The van der Waals surface area contributed by atoms with Gasteiger partial charge < -0.3 is 14.4 Å². The number of ether oxygens (including phenoxy) is 2. The summed E-state index contributed by atoms with van der Waals surface area (Å²) >= 11 is 0. The summed E-state index contributed by atoms with van der Waals surface area (Å²) in [6.45, 7) is 2.58. The summed E-state index contributed by atoms with van der Waals surface area (Å²) < 4.78 is 11.3. The number of nitrogens with zero attached hydrogens (tertiary/aromatic N) is 3. The Bertz CT molecular complexity index is 763. The molecule has 1 aromatic heterocycles. The molecule has 6 nitrogen and oxygen atoms in total. The molecule has 0 saturated carbocycles. The summed E-state index contributed by atoms with van der Waals surface area (Å²) in [7, 11) is 1.78. The average Bonchev–Trinajstić information content (AvgIpc) is 2.74.